The van der Waals surface area contributed by atoms with Crippen LogP contribution in [-0.2, 0) is 9.47 Å². The third kappa shape index (κ3) is 4.58. The van der Waals surface area contributed by atoms with E-state index in [9.17, 15) is 5.11 Å². The highest BCUT2D eigenvalue weighted by atomic mass is 35.5. The third-order valence-electron chi connectivity index (χ3n) is 5.44. The average molecular weight is 470 g/mol. The van der Waals surface area contributed by atoms with E-state index >= 15 is 0 Å². The number of benzene rings is 1. The topological polar surface area (TPSA) is 118 Å². The van der Waals surface area contributed by atoms with Crippen LogP contribution < -0.4 is 10.5 Å². The van der Waals surface area contributed by atoms with E-state index in [4.69, 9.17) is 31.5 Å². The molecule has 5 rings (SSSR count). The lowest BCUT2D eigenvalue weighted by atomic mass is 10.2. The average Bonchev–Trinajstić information content (AvgIpc) is 3.35. The van der Waals surface area contributed by atoms with Crippen molar-refractivity contribution >= 4 is 39.4 Å². The largest absolute Gasteiger partial charge is 0.491 e. The molecule has 3 aromatic heterocycles. The summed E-state index contributed by atoms with van der Waals surface area (Å²) in [5.74, 6) is -0.212. The number of nitrogens with two attached hydrogens (primary N) is 1. The number of ether oxygens (including phenoxy) is 3. The molecule has 3 N–H and O–H groups in total. The van der Waals surface area contributed by atoms with Gasteiger partial charge in [0.05, 0.1) is 17.0 Å². The summed E-state index contributed by atoms with van der Waals surface area (Å²) in [6, 6.07) is 11.2. The third-order valence-corrected chi connectivity index (χ3v) is 5.74. The Labute approximate surface area is 195 Å². The first-order valence-electron chi connectivity index (χ1n) is 10.6. The van der Waals surface area contributed by atoms with E-state index in [1.165, 1.54) is 6.33 Å². The van der Waals surface area contributed by atoms with Crippen LogP contribution in [0.25, 0.3) is 21.9 Å². The predicted molar refractivity (Wildman–Crippen MR) is 124 cm³/mol. The van der Waals surface area contributed by atoms with E-state index in [0.29, 0.717) is 40.8 Å². The summed E-state index contributed by atoms with van der Waals surface area (Å²) < 4.78 is 20.1. The number of hydrogen-bond donors (Lipinski definition) is 2. The lowest BCUT2D eigenvalue weighted by Crippen LogP contribution is -2.33. The number of nitrogen functional groups attached to an aromatic ring is 1. The van der Waals surface area contributed by atoms with E-state index in [0.717, 1.165) is 10.9 Å². The zero-order chi connectivity index (χ0) is 23.2. The normalized spacial score (nSPS) is 21.2. The molecule has 0 aliphatic carbocycles. The van der Waals surface area contributed by atoms with E-state index < -0.39 is 18.1 Å². The van der Waals surface area contributed by atoms with Crippen LogP contribution in [-0.4, -0.2) is 49.2 Å². The van der Waals surface area contributed by atoms with Gasteiger partial charge in [0.1, 0.15) is 41.4 Å². The number of rotatable bonds is 6. The summed E-state index contributed by atoms with van der Waals surface area (Å²) in [4.78, 5) is 12.7. The molecule has 0 saturated carbocycles. The molecule has 0 bridgehead atoms. The number of halogens is 1. The van der Waals surface area contributed by atoms with Crippen LogP contribution >= 0.6 is 11.6 Å². The lowest BCUT2D eigenvalue weighted by Gasteiger charge is -2.27. The van der Waals surface area contributed by atoms with Gasteiger partial charge in [0, 0.05) is 24.1 Å². The van der Waals surface area contributed by atoms with Crippen LogP contribution in [0.3, 0.4) is 0 Å². The summed E-state index contributed by atoms with van der Waals surface area (Å²) in [5, 5.41) is 12.3. The molecule has 1 aliphatic heterocycles. The first kappa shape index (κ1) is 21.8. The summed E-state index contributed by atoms with van der Waals surface area (Å²) >= 11 is 6.21. The van der Waals surface area contributed by atoms with Crippen LogP contribution in [0.4, 0.5) is 5.82 Å². The molecule has 4 heterocycles. The van der Waals surface area contributed by atoms with Gasteiger partial charge < -0.3 is 29.6 Å². The van der Waals surface area contributed by atoms with Gasteiger partial charge in [-0.25, -0.2) is 15.0 Å². The lowest BCUT2D eigenvalue weighted by molar-refractivity contribution is -0.222. The highest BCUT2D eigenvalue weighted by Crippen LogP contribution is 2.36. The Kier molecular flexibility index (Phi) is 5.57. The first-order valence-corrected chi connectivity index (χ1v) is 11.0. The summed E-state index contributed by atoms with van der Waals surface area (Å²) in [6.07, 6.45) is 2.53. The SMILES string of the molecule is CC(C)(O)O[C@@H]1C[C@@H](COc2ccc3ccc(N)nc3c2)O[C@H]1n1ccc2c(Cl)ncnc21. The fourth-order valence-corrected chi connectivity index (χ4v) is 4.27. The molecular formula is C23H24ClN5O4. The zero-order valence-corrected chi connectivity index (χ0v) is 18.9. The van der Waals surface area contributed by atoms with Crippen LogP contribution in [0.5, 0.6) is 5.75 Å². The van der Waals surface area contributed by atoms with Crippen molar-refractivity contribution in [3.05, 3.63) is 54.1 Å². The smallest absolute Gasteiger partial charge is 0.162 e. The summed E-state index contributed by atoms with van der Waals surface area (Å²) in [7, 11) is 0. The molecule has 9 nitrogen and oxygen atoms in total. The number of nitrogens with zero attached hydrogens (tertiary/aromatic N) is 4. The molecule has 1 aromatic carbocycles. The first-order chi connectivity index (χ1) is 15.8. The standard InChI is InChI=1S/C23H24ClN5O4/c1-23(2,30)33-18-10-15(11-31-14-5-3-13-4-6-19(25)28-17(13)9-14)32-22(18)29-8-7-16-20(24)26-12-27-21(16)29/h3-9,12,15,18,22,30H,10-11H2,1-2H3,(H2,25,28)/t15-,18+,22+/m0/s1. The van der Waals surface area contributed by atoms with Gasteiger partial charge in [0.15, 0.2) is 12.0 Å². The maximum absolute atomic E-state index is 10.3. The van der Waals surface area contributed by atoms with Crippen molar-refractivity contribution in [2.24, 2.45) is 0 Å². The molecule has 0 unspecified atom stereocenters. The Bertz CT molecular complexity index is 1310. The fourth-order valence-electron chi connectivity index (χ4n) is 4.08. The number of hydrogen-bond acceptors (Lipinski definition) is 8. The molecule has 3 atom stereocenters. The van der Waals surface area contributed by atoms with Gasteiger partial charge in [-0.1, -0.05) is 11.6 Å². The van der Waals surface area contributed by atoms with E-state index in [1.807, 2.05) is 41.1 Å². The molecule has 1 aliphatic rings. The van der Waals surface area contributed by atoms with Crippen molar-refractivity contribution in [3.63, 3.8) is 0 Å². The van der Waals surface area contributed by atoms with E-state index in [1.54, 1.807) is 19.9 Å². The highest BCUT2D eigenvalue weighted by Gasteiger charge is 2.41. The Morgan fingerprint density at radius 2 is 2.06 bits per heavy atom. The monoisotopic (exact) mass is 469 g/mol. The minimum Gasteiger partial charge on any atom is -0.491 e. The zero-order valence-electron chi connectivity index (χ0n) is 18.2. The van der Waals surface area contributed by atoms with Crippen molar-refractivity contribution in [1.29, 1.82) is 0 Å². The Balaban J connectivity index is 1.36. The molecule has 0 amide bonds. The highest BCUT2D eigenvalue weighted by molar-refractivity contribution is 6.33. The predicted octanol–water partition coefficient (Wildman–Crippen LogP) is 3.70. The quantitative estimate of drug-likeness (QED) is 0.324. The Morgan fingerprint density at radius 3 is 2.88 bits per heavy atom. The number of aliphatic hydroxyl groups is 1. The van der Waals surface area contributed by atoms with Crippen molar-refractivity contribution in [1.82, 2.24) is 19.5 Å². The fraction of sp³-hybridized carbons (Fsp3) is 0.348. The molecule has 10 heteroatoms. The second kappa shape index (κ2) is 8.42. The van der Waals surface area contributed by atoms with E-state index in [2.05, 4.69) is 15.0 Å². The van der Waals surface area contributed by atoms with Crippen LogP contribution in [0.1, 0.15) is 26.5 Å². The molecule has 1 saturated heterocycles. The Morgan fingerprint density at radius 1 is 1.24 bits per heavy atom. The minimum absolute atomic E-state index is 0.276. The van der Waals surface area contributed by atoms with Gasteiger partial charge in [0.25, 0.3) is 0 Å². The van der Waals surface area contributed by atoms with Gasteiger partial charge in [0.2, 0.25) is 0 Å². The van der Waals surface area contributed by atoms with Gasteiger partial charge in [-0.2, -0.15) is 0 Å². The van der Waals surface area contributed by atoms with Gasteiger partial charge in [-0.15, -0.1) is 0 Å². The minimum atomic E-state index is -1.33. The van der Waals surface area contributed by atoms with Crippen LogP contribution in [0, 0.1) is 0 Å². The summed E-state index contributed by atoms with van der Waals surface area (Å²) in [6.45, 7) is 3.48. The molecule has 4 aromatic rings. The van der Waals surface area contributed by atoms with Crippen molar-refractivity contribution in [3.8, 4) is 5.75 Å². The number of anilines is 1. The molecule has 1 fully saturated rings. The molecular weight excluding hydrogens is 446 g/mol. The molecule has 172 valence electrons. The molecule has 0 spiro atoms. The van der Waals surface area contributed by atoms with E-state index in [-0.39, 0.29) is 6.10 Å². The maximum Gasteiger partial charge on any atom is 0.162 e. The second-order valence-electron chi connectivity index (χ2n) is 8.51. The van der Waals surface area contributed by atoms with Gasteiger partial charge in [-0.05, 0) is 44.2 Å². The van der Waals surface area contributed by atoms with Crippen molar-refractivity contribution in [2.45, 2.75) is 44.5 Å². The second-order valence-corrected chi connectivity index (χ2v) is 8.87. The maximum atomic E-state index is 10.3. The number of aromatic nitrogens is 4. The Hall–Kier alpha value is -2.98. The number of pyridine rings is 1. The number of fused-ring (bicyclic) bond motifs is 2. The van der Waals surface area contributed by atoms with Crippen LogP contribution in [0.15, 0.2) is 48.9 Å². The van der Waals surface area contributed by atoms with Gasteiger partial charge in [-0.3, -0.25) is 0 Å². The summed E-state index contributed by atoms with van der Waals surface area (Å²) in [5.41, 5.74) is 7.19. The van der Waals surface area contributed by atoms with Crippen LogP contribution in [0.2, 0.25) is 5.15 Å². The van der Waals surface area contributed by atoms with Crippen molar-refractivity contribution in [2.75, 3.05) is 12.3 Å². The van der Waals surface area contributed by atoms with Crippen molar-refractivity contribution < 1.29 is 19.3 Å². The van der Waals surface area contributed by atoms with Gasteiger partial charge >= 0.3 is 0 Å². The molecule has 33 heavy (non-hydrogen) atoms. The molecule has 0 radical (unpaired) electrons.